The zero-order valence-electron chi connectivity index (χ0n) is 16.5. The van der Waals surface area contributed by atoms with E-state index in [2.05, 4.69) is 14.8 Å². The average Bonchev–Trinajstić information content (AvgIpc) is 2.94. The summed E-state index contributed by atoms with van der Waals surface area (Å²) in [5, 5.41) is 2.80. The van der Waals surface area contributed by atoms with E-state index in [-0.39, 0.29) is 36.1 Å². The van der Waals surface area contributed by atoms with Gasteiger partial charge in [0.05, 0.1) is 18.3 Å². The predicted octanol–water partition coefficient (Wildman–Crippen LogP) is -2.33. The smallest absolute Gasteiger partial charge is 0.279 e. The first-order chi connectivity index (χ1) is 12.9. The molecule has 11 nitrogen and oxygen atoms in total. The van der Waals surface area contributed by atoms with Crippen molar-refractivity contribution in [3.8, 4) is 0 Å². The van der Waals surface area contributed by atoms with E-state index < -0.39 is 32.2 Å². The second-order valence-electron chi connectivity index (χ2n) is 7.43. The number of nitrogens with one attached hydrogen (secondary N) is 3. The number of fused-ring (bicyclic) bond motifs is 1. The Morgan fingerprint density at radius 3 is 2.39 bits per heavy atom. The lowest BCUT2D eigenvalue weighted by Gasteiger charge is -2.39. The summed E-state index contributed by atoms with van der Waals surface area (Å²) in [5.74, 6) is -0.462. The van der Waals surface area contributed by atoms with E-state index in [1.807, 2.05) is 0 Å². The van der Waals surface area contributed by atoms with Crippen LogP contribution in [0.25, 0.3) is 0 Å². The summed E-state index contributed by atoms with van der Waals surface area (Å²) in [6.07, 6.45) is 0.704. The predicted molar refractivity (Wildman–Crippen MR) is 103 cm³/mol. The molecule has 2 aliphatic rings. The van der Waals surface area contributed by atoms with Crippen LogP contribution in [0.4, 0.5) is 0 Å². The Morgan fingerprint density at radius 1 is 1.18 bits per heavy atom. The SMILES string of the molecule is CCS(=O)(=O)NC(C)C(=O)N1CC2CC(NC(=O)CNS(=O)(=O)N(C)C)C2C1. The van der Waals surface area contributed by atoms with E-state index >= 15 is 0 Å². The van der Waals surface area contributed by atoms with Crippen molar-refractivity contribution in [1.82, 2.24) is 24.0 Å². The van der Waals surface area contributed by atoms with Crippen LogP contribution >= 0.6 is 0 Å². The van der Waals surface area contributed by atoms with E-state index in [1.165, 1.54) is 27.9 Å². The zero-order chi connectivity index (χ0) is 21.3. The van der Waals surface area contributed by atoms with Crippen LogP contribution in [-0.2, 0) is 29.8 Å². The zero-order valence-corrected chi connectivity index (χ0v) is 18.1. The lowest BCUT2D eigenvalue weighted by Crippen LogP contribution is -2.54. The normalized spacial score (nSPS) is 25.9. The molecule has 3 N–H and O–H groups in total. The van der Waals surface area contributed by atoms with Gasteiger partial charge in [0.25, 0.3) is 10.2 Å². The molecule has 1 aliphatic carbocycles. The summed E-state index contributed by atoms with van der Waals surface area (Å²) in [7, 11) is -4.41. The number of rotatable bonds is 9. The van der Waals surface area contributed by atoms with Gasteiger partial charge in [0.1, 0.15) is 0 Å². The van der Waals surface area contributed by atoms with Crippen LogP contribution in [0.3, 0.4) is 0 Å². The van der Waals surface area contributed by atoms with Gasteiger partial charge in [0, 0.05) is 39.1 Å². The van der Waals surface area contributed by atoms with Crippen molar-refractivity contribution in [3.63, 3.8) is 0 Å². The third-order valence-electron chi connectivity index (χ3n) is 5.23. The number of amides is 2. The van der Waals surface area contributed by atoms with Crippen LogP contribution in [0.2, 0.25) is 0 Å². The highest BCUT2D eigenvalue weighted by atomic mass is 32.2. The molecular formula is C15H29N5O6S2. The van der Waals surface area contributed by atoms with Gasteiger partial charge in [-0.15, -0.1) is 0 Å². The fraction of sp³-hybridized carbons (Fsp3) is 0.867. The number of nitrogens with zero attached hydrogens (tertiary/aromatic N) is 2. The summed E-state index contributed by atoms with van der Waals surface area (Å²) < 4.78 is 52.1. The maximum absolute atomic E-state index is 12.5. The van der Waals surface area contributed by atoms with E-state index in [9.17, 15) is 26.4 Å². The van der Waals surface area contributed by atoms with Crippen molar-refractivity contribution in [2.24, 2.45) is 11.8 Å². The highest BCUT2D eigenvalue weighted by Crippen LogP contribution is 2.41. The quantitative estimate of drug-likeness (QED) is 0.368. The molecule has 1 saturated carbocycles. The number of sulfonamides is 1. The monoisotopic (exact) mass is 439 g/mol. The Balaban J connectivity index is 1.82. The molecular weight excluding hydrogens is 410 g/mol. The van der Waals surface area contributed by atoms with E-state index in [0.717, 1.165) is 4.31 Å². The lowest BCUT2D eigenvalue weighted by atomic mass is 9.71. The number of hydrogen-bond donors (Lipinski definition) is 3. The molecule has 0 bridgehead atoms. The molecule has 0 aromatic rings. The average molecular weight is 440 g/mol. The van der Waals surface area contributed by atoms with Crippen molar-refractivity contribution in [3.05, 3.63) is 0 Å². The van der Waals surface area contributed by atoms with Gasteiger partial charge in [0.15, 0.2) is 0 Å². The Labute approximate surface area is 166 Å². The highest BCUT2D eigenvalue weighted by molar-refractivity contribution is 7.89. The molecule has 0 spiro atoms. The van der Waals surface area contributed by atoms with Crippen molar-refractivity contribution >= 4 is 32.0 Å². The topological polar surface area (TPSA) is 145 Å². The first-order valence-corrected chi connectivity index (χ1v) is 12.2. The fourth-order valence-electron chi connectivity index (χ4n) is 3.47. The van der Waals surface area contributed by atoms with Crippen molar-refractivity contribution in [2.45, 2.75) is 32.4 Å². The van der Waals surface area contributed by atoms with Gasteiger partial charge >= 0.3 is 0 Å². The molecule has 28 heavy (non-hydrogen) atoms. The molecule has 2 amide bonds. The molecule has 162 valence electrons. The second kappa shape index (κ2) is 8.61. The largest absolute Gasteiger partial charge is 0.352 e. The molecule has 2 rings (SSSR count). The van der Waals surface area contributed by atoms with E-state index in [1.54, 1.807) is 4.90 Å². The van der Waals surface area contributed by atoms with E-state index in [4.69, 9.17) is 0 Å². The van der Waals surface area contributed by atoms with Gasteiger partial charge in [-0.3, -0.25) is 9.59 Å². The third kappa shape index (κ3) is 5.41. The fourth-order valence-corrected chi connectivity index (χ4v) is 4.85. The van der Waals surface area contributed by atoms with Crippen LogP contribution in [0.5, 0.6) is 0 Å². The van der Waals surface area contributed by atoms with Crippen LogP contribution < -0.4 is 14.8 Å². The minimum Gasteiger partial charge on any atom is -0.352 e. The van der Waals surface area contributed by atoms with Crippen LogP contribution in [0.15, 0.2) is 0 Å². The summed E-state index contributed by atoms with van der Waals surface area (Å²) >= 11 is 0. The minimum absolute atomic E-state index is 0.0911. The second-order valence-corrected chi connectivity index (χ2v) is 11.4. The number of likely N-dealkylation sites (tertiary alicyclic amines) is 1. The van der Waals surface area contributed by atoms with Crippen LogP contribution in [0, 0.1) is 11.8 Å². The van der Waals surface area contributed by atoms with Gasteiger partial charge in [-0.1, -0.05) is 0 Å². The van der Waals surface area contributed by atoms with Crippen molar-refractivity contribution in [1.29, 1.82) is 0 Å². The Morgan fingerprint density at radius 2 is 1.82 bits per heavy atom. The van der Waals surface area contributed by atoms with Crippen LogP contribution in [0.1, 0.15) is 20.3 Å². The van der Waals surface area contributed by atoms with Gasteiger partial charge in [-0.2, -0.15) is 17.4 Å². The molecule has 0 aromatic heterocycles. The van der Waals surface area contributed by atoms with Crippen molar-refractivity contribution in [2.75, 3.05) is 39.5 Å². The molecule has 0 radical (unpaired) electrons. The number of hydrogen-bond acceptors (Lipinski definition) is 6. The number of carbonyl (C=O) groups is 2. The maximum Gasteiger partial charge on any atom is 0.279 e. The summed E-state index contributed by atoms with van der Waals surface area (Å²) in [4.78, 5) is 26.1. The summed E-state index contributed by atoms with van der Waals surface area (Å²) in [6, 6.07) is -0.960. The molecule has 2 fully saturated rings. The molecule has 1 saturated heterocycles. The van der Waals surface area contributed by atoms with E-state index in [0.29, 0.717) is 19.5 Å². The van der Waals surface area contributed by atoms with Gasteiger partial charge in [-0.25, -0.2) is 13.1 Å². The maximum atomic E-state index is 12.5. The Bertz CT molecular complexity index is 813. The number of carbonyl (C=O) groups excluding carboxylic acids is 2. The molecule has 13 heteroatoms. The first kappa shape index (κ1) is 23.0. The van der Waals surface area contributed by atoms with Crippen molar-refractivity contribution < 1.29 is 26.4 Å². The summed E-state index contributed by atoms with van der Waals surface area (Å²) in [6.45, 7) is 3.64. The molecule has 4 unspecified atom stereocenters. The Kier molecular flexibility index (Phi) is 7.08. The minimum atomic E-state index is -3.67. The van der Waals surface area contributed by atoms with Gasteiger partial charge in [-0.05, 0) is 26.2 Å². The summed E-state index contributed by atoms with van der Waals surface area (Å²) in [5.41, 5.74) is 0. The third-order valence-corrected chi connectivity index (χ3v) is 8.17. The highest BCUT2D eigenvalue weighted by Gasteiger charge is 2.49. The van der Waals surface area contributed by atoms with Crippen LogP contribution in [-0.4, -0.2) is 89.4 Å². The van der Waals surface area contributed by atoms with Gasteiger partial charge in [0.2, 0.25) is 21.8 Å². The standard InChI is InChI=1S/C15H29N5O6S2/c1-5-27(23,24)18-10(2)15(22)20-8-11-6-13(12(11)9-20)17-14(21)7-16-28(25,26)19(3)4/h10-13,16,18H,5-9H2,1-4H3,(H,17,21). The molecule has 0 aromatic carbocycles. The molecule has 1 heterocycles. The molecule has 1 aliphatic heterocycles. The lowest BCUT2D eigenvalue weighted by molar-refractivity contribution is -0.131. The Hall–Kier alpha value is -1.28. The van der Waals surface area contributed by atoms with Gasteiger partial charge < -0.3 is 10.2 Å². The first-order valence-electron chi connectivity index (χ1n) is 9.11. The molecule has 4 atom stereocenters.